The van der Waals surface area contributed by atoms with Gasteiger partial charge in [-0.05, 0) is 58.1 Å². The first-order chi connectivity index (χ1) is 15.1. The Morgan fingerprint density at radius 2 is 1.91 bits per heavy atom. The number of rotatable bonds is 7. The van der Waals surface area contributed by atoms with Gasteiger partial charge >= 0.3 is 0 Å². The van der Waals surface area contributed by atoms with Crippen LogP contribution in [0.1, 0.15) is 45.5 Å². The molecule has 0 bridgehead atoms. The van der Waals surface area contributed by atoms with Crippen LogP contribution in [-0.2, 0) is 6.42 Å². The second-order valence-corrected chi connectivity index (χ2v) is 10.4. The number of benzene rings is 2. The van der Waals surface area contributed by atoms with Gasteiger partial charge in [-0.1, -0.05) is 43.6 Å². The Hall–Kier alpha value is -2.19. The largest absolute Gasteiger partial charge is 0.493 e. The van der Waals surface area contributed by atoms with E-state index in [1.807, 2.05) is 31.2 Å². The SMILES string of the molecule is CCCc1nc2ccc(Br)cc2c(=O)n1N=Cc1cc(OC)c(OCC(C)(C)C)cc1Br. The van der Waals surface area contributed by atoms with Crippen LogP contribution >= 0.6 is 31.9 Å². The smallest absolute Gasteiger partial charge is 0.282 e. The Labute approximate surface area is 204 Å². The summed E-state index contributed by atoms with van der Waals surface area (Å²) in [6.07, 6.45) is 3.12. The van der Waals surface area contributed by atoms with Gasteiger partial charge in [-0.25, -0.2) is 4.98 Å². The third kappa shape index (κ3) is 5.78. The maximum atomic E-state index is 13.2. The predicted molar refractivity (Wildman–Crippen MR) is 136 cm³/mol. The molecule has 0 aliphatic carbocycles. The van der Waals surface area contributed by atoms with Crippen molar-refractivity contribution in [2.24, 2.45) is 10.5 Å². The minimum atomic E-state index is -0.204. The molecule has 1 heterocycles. The minimum absolute atomic E-state index is 0.0204. The fraction of sp³-hybridized carbons (Fsp3) is 0.375. The minimum Gasteiger partial charge on any atom is -0.493 e. The van der Waals surface area contributed by atoms with E-state index in [0.717, 1.165) is 20.9 Å². The van der Waals surface area contributed by atoms with Crippen molar-refractivity contribution < 1.29 is 9.47 Å². The highest BCUT2D eigenvalue weighted by Crippen LogP contribution is 2.34. The van der Waals surface area contributed by atoms with Crippen molar-refractivity contribution in [1.29, 1.82) is 0 Å². The normalized spacial score (nSPS) is 12.0. The van der Waals surface area contributed by atoms with Gasteiger partial charge < -0.3 is 9.47 Å². The molecular formula is C24H27Br2N3O3. The Bertz CT molecular complexity index is 1210. The second-order valence-electron chi connectivity index (χ2n) is 8.67. The molecule has 0 N–H and O–H groups in total. The van der Waals surface area contributed by atoms with E-state index in [9.17, 15) is 4.79 Å². The van der Waals surface area contributed by atoms with Gasteiger partial charge in [0.2, 0.25) is 0 Å². The van der Waals surface area contributed by atoms with Crippen molar-refractivity contribution in [3.8, 4) is 11.5 Å². The zero-order chi connectivity index (χ0) is 23.5. The fourth-order valence-corrected chi connectivity index (χ4v) is 3.82. The van der Waals surface area contributed by atoms with E-state index in [2.05, 4.69) is 62.7 Å². The van der Waals surface area contributed by atoms with Crippen molar-refractivity contribution in [2.75, 3.05) is 13.7 Å². The van der Waals surface area contributed by atoms with Gasteiger partial charge in [0.05, 0.1) is 30.8 Å². The lowest BCUT2D eigenvalue weighted by Crippen LogP contribution is -2.22. The van der Waals surface area contributed by atoms with E-state index in [0.29, 0.717) is 41.3 Å². The second kappa shape index (κ2) is 10.2. The van der Waals surface area contributed by atoms with Crippen molar-refractivity contribution >= 4 is 49.0 Å². The van der Waals surface area contributed by atoms with Crippen molar-refractivity contribution in [3.05, 3.63) is 61.0 Å². The Morgan fingerprint density at radius 1 is 1.16 bits per heavy atom. The van der Waals surface area contributed by atoms with E-state index < -0.39 is 0 Å². The van der Waals surface area contributed by atoms with Crippen LogP contribution in [0.2, 0.25) is 0 Å². The summed E-state index contributed by atoms with van der Waals surface area (Å²) in [5.74, 6) is 1.87. The standard InChI is InChI=1S/C24H27Br2N3O3/c1-6-7-22-28-19-9-8-16(25)11-17(19)23(30)29(22)27-13-15-10-20(31-5)21(12-18(15)26)32-14-24(2,3)4/h8-13H,6-7,14H2,1-5H3. The fourth-order valence-electron chi connectivity index (χ4n) is 3.04. The number of aromatic nitrogens is 2. The Balaban J connectivity index is 2.04. The summed E-state index contributed by atoms with van der Waals surface area (Å²) in [5.41, 5.74) is 1.24. The number of methoxy groups -OCH3 is 1. The van der Waals surface area contributed by atoms with Crippen LogP contribution in [0.25, 0.3) is 10.9 Å². The van der Waals surface area contributed by atoms with Crippen molar-refractivity contribution in [1.82, 2.24) is 9.66 Å². The molecule has 0 fully saturated rings. The molecule has 32 heavy (non-hydrogen) atoms. The summed E-state index contributed by atoms with van der Waals surface area (Å²) in [5, 5.41) is 5.01. The topological polar surface area (TPSA) is 65.7 Å². The summed E-state index contributed by atoms with van der Waals surface area (Å²) < 4.78 is 14.5. The quantitative estimate of drug-likeness (QED) is 0.321. The molecule has 0 amide bonds. The zero-order valence-corrected chi connectivity index (χ0v) is 22.1. The molecular weight excluding hydrogens is 538 g/mol. The molecule has 0 unspecified atom stereocenters. The number of hydrogen-bond donors (Lipinski definition) is 0. The lowest BCUT2D eigenvalue weighted by atomic mass is 9.99. The summed E-state index contributed by atoms with van der Waals surface area (Å²) >= 11 is 7.01. The molecule has 0 saturated carbocycles. The number of aryl methyl sites for hydroxylation is 1. The summed E-state index contributed by atoms with van der Waals surface area (Å²) in [4.78, 5) is 17.8. The van der Waals surface area contributed by atoms with Gasteiger partial charge in [-0.2, -0.15) is 9.78 Å². The molecule has 170 valence electrons. The molecule has 0 atom stereocenters. The highest BCUT2D eigenvalue weighted by Gasteiger charge is 2.16. The van der Waals surface area contributed by atoms with Gasteiger partial charge in [0.1, 0.15) is 5.82 Å². The predicted octanol–water partition coefficient (Wildman–Crippen LogP) is 6.19. The van der Waals surface area contributed by atoms with Gasteiger partial charge in [-0.15, -0.1) is 0 Å². The molecule has 8 heteroatoms. The van der Waals surface area contributed by atoms with Crippen LogP contribution in [0.15, 0.2) is 49.2 Å². The molecule has 3 rings (SSSR count). The molecule has 3 aromatic rings. The number of hydrogen-bond acceptors (Lipinski definition) is 5. The van der Waals surface area contributed by atoms with Gasteiger partial charge in [0, 0.05) is 20.9 Å². The highest BCUT2D eigenvalue weighted by molar-refractivity contribution is 9.10. The zero-order valence-electron chi connectivity index (χ0n) is 18.9. The van der Waals surface area contributed by atoms with E-state index in [-0.39, 0.29) is 11.0 Å². The van der Waals surface area contributed by atoms with Crippen LogP contribution in [0.5, 0.6) is 11.5 Å². The number of nitrogens with zero attached hydrogens (tertiary/aromatic N) is 3. The first-order valence-corrected chi connectivity index (χ1v) is 12.0. The van der Waals surface area contributed by atoms with E-state index in [1.165, 1.54) is 4.68 Å². The molecule has 0 radical (unpaired) electrons. The Kier molecular flexibility index (Phi) is 7.77. The lowest BCUT2D eigenvalue weighted by molar-refractivity contribution is 0.191. The van der Waals surface area contributed by atoms with E-state index in [4.69, 9.17) is 9.47 Å². The number of halogens is 2. The lowest BCUT2D eigenvalue weighted by Gasteiger charge is -2.20. The van der Waals surface area contributed by atoms with Crippen LogP contribution in [0.3, 0.4) is 0 Å². The van der Waals surface area contributed by atoms with Crippen molar-refractivity contribution in [3.63, 3.8) is 0 Å². The summed E-state index contributed by atoms with van der Waals surface area (Å²) in [6, 6.07) is 9.18. The summed E-state index contributed by atoms with van der Waals surface area (Å²) in [6.45, 7) is 8.92. The summed E-state index contributed by atoms with van der Waals surface area (Å²) in [7, 11) is 1.60. The third-order valence-corrected chi connectivity index (χ3v) is 5.78. The van der Waals surface area contributed by atoms with Crippen molar-refractivity contribution in [2.45, 2.75) is 40.5 Å². The maximum absolute atomic E-state index is 13.2. The molecule has 0 aliphatic rings. The monoisotopic (exact) mass is 563 g/mol. The third-order valence-electron chi connectivity index (χ3n) is 4.60. The average molecular weight is 565 g/mol. The maximum Gasteiger partial charge on any atom is 0.282 e. The van der Waals surface area contributed by atoms with Gasteiger partial charge in [0.25, 0.3) is 5.56 Å². The first-order valence-electron chi connectivity index (χ1n) is 10.4. The highest BCUT2D eigenvalue weighted by atomic mass is 79.9. The molecule has 1 aromatic heterocycles. The molecule has 6 nitrogen and oxygen atoms in total. The number of fused-ring (bicyclic) bond motifs is 1. The number of ether oxygens (including phenoxy) is 2. The first kappa shape index (κ1) is 24.5. The molecule has 2 aromatic carbocycles. The molecule has 0 aliphatic heterocycles. The van der Waals surface area contributed by atoms with Gasteiger partial charge in [0.15, 0.2) is 11.5 Å². The van der Waals surface area contributed by atoms with Crippen LogP contribution < -0.4 is 15.0 Å². The van der Waals surface area contributed by atoms with Gasteiger partial charge in [-0.3, -0.25) is 4.79 Å². The van der Waals surface area contributed by atoms with E-state index >= 15 is 0 Å². The Morgan fingerprint density at radius 3 is 2.56 bits per heavy atom. The average Bonchev–Trinajstić information content (AvgIpc) is 2.73. The van der Waals surface area contributed by atoms with E-state index in [1.54, 1.807) is 19.4 Å². The molecule has 0 spiro atoms. The molecule has 0 saturated heterocycles. The van der Waals surface area contributed by atoms with Crippen LogP contribution in [0, 0.1) is 5.41 Å². The van der Waals surface area contributed by atoms with Crippen LogP contribution in [-0.4, -0.2) is 29.6 Å². The van der Waals surface area contributed by atoms with Crippen LogP contribution in [0.4, 0.5) is 0 Å².